The van der Waals surface area contributed by atoms with Gasteiger partial charge in [-0.05, 0) is 49.3 Å². The summed E-state index contributed by atoms with van der Waals surface area (Å²) in [5.41, 5.74) is 2.05. The third kappa shape index (κ3) is 4.94. The highest BCUT2D eigenvalue weighted by Gasteiger charge is 2.23. The Morgan fingerprint density at radius 3 is 2.77 bits per heavy atom. The summed E-state index contributed by atoms with van der Waals surface area (Å²) < 4.78 is 1.82. The molecule has 138 valence electrons. The highest BCUT2D eigenvalue weighted by Crippen LogP contribution is 2.22. The summed E-state index contributed by atoms with van der Waals surface area (Å²) in [5, 5.41) is 13.2. The molecule has 1 N–H and O–H groups in total. The Morgan fingerprint density at radius 2 is 2.00 bits per heavy atom. The van der Waals surface area contributed by atoms with Gasteiger partial charge in [0.25, 0.3) is 0 Å². The molecule has 1 aliphatic heterocycles. The molecule has 0 aliphatic carbocycles. The lowest BCUT2D eigenvalue weighted by atomic mass is 9.93. The number of rotatable bonds is 7. The summed E-state index contributed by atoms with van der Waals surface area (Å²) in [4.78, 5) is 25.1. The number of nitrogens with zero attached hydrogens (tertiary/aromatic N) is 3. The van der Waals surface area contributed by atoms with Crippen molar-refractivity contribution < 1.29 is 14.7 Å². The summed E-state index contributed by atoms with van der Waals surface area (Å²) >= 11 is 0. The van der Waals surface area contributed by atoms with Gasteiger partial charge in [0.1, 0.15) is 0 Å². The van der Waals surface area contributed by atoms with Crippen molar-refractivity contribution in [2.24, 2.45) is 5.92 Å². The zero-order chi connectivity index (χ0) is 18.4. The van der Waals surface area contributed by atoms with Crippen LogP contribution in [-0.4, -0.2) is 44.8 Å². The van der Waals surface area contributed by atoms with Crippen LogP contribution in [0.1, 0.15) is 37.7 Å². The lowest BCUT2D eigenvalue weighted by Gasteiger charge is -2.32. The normalized spacial score (nSPS) is 17.2. The first-order valence-electron chi connectivity index (χ1n) is 9.20. The van der Waals surface area contributed by atoms with E-state index >= 15 is 0 Å². The first kappa shape index (κ1) is 18.2. The van der Waals surface area contributed by atoms with Crippen LogP contribution in [-0.2, 0) is 16.0 Å². The van der Waals surface area contributed by atoms with Crippen LogP contribution < -0.4 is 0 Å². The van der Waals surface area contributed by atoms with Gasteiger partial charge in [-0.2, -0.15) is 5.10 Å². The number of carbonyl (C=O) groups excluding carboxylic acids is 1. The Balaban J connectivity index is 1.49. The number of likely N-dealkylation sites (tertiary alicyclic amines) is 1. The van der Waals surface area contributed by atoms with E-state index < -0.39 is 5.97 Å². The number of carboxylic acids is 1. The van der Waals surface area contributed by atoms with Gasteiger partial charge >= 0.3 is 5.97 Å². The number of piperidine rings is 1. The summed E-state index contributed by atoms with van der Waals surface area (Å²) in [5.74, 6) is -0.300. The standard InChI is InChI=1S/C20H25N3O3/c24-19(22-12-4-5-16(14-22)9-11-20(25)26)10-8-17-13-21-23(15-17)18-6-2-1-3-7-18/h1-3,6-7,13,15-16H,4-5,8-12,14H2,(H,25,26)/t16-/m0/s1. The number of aromatic nitrogens is 2. The van der Waals surface area contributed by atoms with Gasteiger partial charge in [0.05, 0.1) is 11.9 Å². The monoisotopic (exact) mass is 355 g/mol. The number of carbonyl (C=O) groups is 2. The van der Waals surface area contributed by atoms with Crippen LogP contribution in [0.2, 0.25) is 0 Å². The molecule has 6 nitrogen and oxygen atoms in total. The van der Waals surface area contributed by atoms with Crippen LogP contribution in [0.15, 0.2) is 42.7 Å². The molecule has 1 amide bonds. The molecule has 2 heterocycles. The minimum absolute atomic E-state index is 0.150. The molecule has 1 aromatic carbocycles. The molecule has 1 atom stereocenters. The van der Waals surface area contributed by atoms with Crippen molar-refractivity contribution in [2.75, 3.05) is 13.1 Å². The Bertz CT molecular complexity index is 742. The molecule has 1 saturated heterocycles. The molecule has 2 aromatic rings. The van der Waals surface area contributed by atoms with E-state index in [1.807, 2.05) is 52.3 Å². The van der Waals surface area contributed by atoms with Crippen LogP contribution in [0.4, 0.5) is 0 Å². The topological polar surface area (TPSA) is 75.4 Å². The Labute approximate surface area is 153 Å². The fraction of sp³-hybridized carbons (Fsp3) is 0.450. The Hall–Kier alpha value is -2.63. The summed E-state index contributed by atoms with van der Waals surface area (Å²) in [7, 11) is 0. The van der Waals surface area contributed by atoms with Crippen LogP contribution in [0.5, 0.6) is 0 Å². The van der Waals surface area contributed by atoms with Gasteiger partial charge < -0.3 is 10.0 Å². The molecule has 0 bridgehead atoms. The number of hydrogen-bond donors (Lipinski definition) is 1. The highest BCUT2D eigenvalue weighted by atomic mass is 16.4. The van der Waals surface area contributed by atoms with E-state index in [4.69, 9.17) is 5.11 Å². The maximum Gasteiger partial charge on any atom is 0.303 e. The maximum atomic E-state index is 12.5. The smallest absolute Gasteiger partial charge is 0.303 e. The average molecular weight is 355 g/mol. The van der Waals surface area contributed by atoms with Gasteiger partial charge in [-0.3, -0.25) is 9.59 Å². The molecule has 1 aromatic heterocycles. The summed E-state index contributed by atoms with van der Waals surface area (Å²) in [6.07, 6.45) is 7.73. The average Bonchev–Trinajstić information content (AvgIpc) is 3.14. The van der Waals surface area contributed by atoms with E-state index in [1.165, 1.54) is 0 Å². The van der Waals surface area contributed by atoms with Gasteiger partial charge in [0.15, 0.2) is 0 Å². The lowest BCUT2D eigenvalue weighted by molar-refractivity contribution is -0.137. The number of para-hydroxylation sites is 1. The molecule has 26 heavy (non-hydrogen) atoms. The summed E-state index contributed by atoms with van der Waals surface area (Å²) in [6, 6.07) is 9.89. The minimum Gasteiger partial charge on any atom is -0.481 e. The van der Waals surface area contributed by atoms with Gasteiger partial charge in [0, 0.05) is 32.1 Å². The molecular formula is C20H25N3O3. The number of aryl methyl sites for hydroxylation is 1. The minimum atomic E-state index is -0.760. The molecule has 0 unspecified atom stereocenters. The Morgan fingerprint density at radius 1 is 1.19 bits per heavy atom. The predicted octanol–water partition coefficient (Wildman–Crippen LogP) is 2.91. The van der Waals surface area contributed by atoms with Crippen LogP contribution in [0, 0.1) is 5.92 Å². The molecule has 6 heteroatoms. The lowest BCUT2D eigenvalue weighted by Crippen LogP contribution is -2.40. The van der Waals surface area contributed by atoms with Gasteiger partial charge in [-0.1, -0.05) is 18.2 Å². The predicted molar refractivity (Wildman–Crippen MR) is 98.1 cm³/mol. The van der Waals surface area contributed by atoms with Crippen LogP contribution in [0.3, 0.4) is 0 Å². The first-order valence-corrected chi connectivity index (χ1v) is 9.20. The number of aliphatic carboxylic acids is 1. The number of amides is 1. The van der Waals surface area contributed by atoms with E-state index in [0.717, 1.165) is 30.6 Å². The second-order valence-corrected chi connectivity index (χ2v) is 6.91. The van der Waals surface area contributed by atoms with Crippen LogP contribution in [0.25, 0.3) is 5.69 Å². The van der Waals surface area contributed by atoms with Crippen molar-refractivity contribution >= 4 is 11.9 Å². The van der Waals surface area contributed by atoms with E-state index in [2.05, 4.69) is 5.10 Å². The number of benzene rings is 1. The van der Waals surface area contributed by atoms with E-state index in [0.29, 0.717) is 31.7 Å². The molecule has 1 fully saturated rings. The van der Waals surface area contributed by atoms with Gasteiger partial charge in [-0.25, -0.2) is 4.68 Å². The fourth-order valence-electron chi connectivity index (χ4n) is 3.48. The largest absolute Gasteiger partial charge is 0.481 e. The molecule has 1 aliphatic rings. The van der Waals surface area contributed by atoms with Crippen molar-refractivity contribution in [2.45, 2.75) is 38.5 Å². The van der Waals surface area contributed by atoms with Crippen molar-refractivity contribution in [1.29, 1.82) is 0 Å². The molecule has 3 rings (SSSR count). The maximum absolute atomic E-state index is 12.5. The van der Waals surface area contributed by atoms with E-state index in [1.54, 1.807) is 0 Å². The van der Waals surface area contributed by atoms with Crippen molar-refractivity contribution in [3.63, 3.8) is 0 Å². The number of hydrogen-bond acceptors (Lipinski definition) is 3. The highest BCUT2D eigenvalue weighted by molar-refractivity contribution is 5.76. The quantitative estimate of drug-likeness (QED) is 0.829. The third-order valence-corrected chi connectivity index (χ3v) is 4.92. The first-order chi connectivity index (χ1) is 12.6. The third-order valence-electron chi connectivity index (χ3n) is 4.92. The SMILES string of the molecule is O=C(O)CC[C@@H]1CCCN(C(=O)CCc2cnn(-c3ccccc3)c2)C1. The molecule has 0 saturated carbocycles. The van der Waals surface area contributed by atoms with E-state index in [-0.39, 0.29) is 12.3 Å². The molecule has 0 spiro atoms. The number of carboxylic acid groups (broad SMARTS) is 1. The van der Waals surface area contributed by atoms with Crippen LogP contribution >= 0.6 is 0 Å². The second kappa shape index (κ2) is 8.65. The zero-order valence-corrected chi connectivity index (χ0v) is 14.9. The molecular weight excluding hydrogens is 330 g/mol. The van der Waals surface area contributed by atoms with Gasteiger partial charge in [-0.15, -0.1) is 0 Å². The zero-order valence-electron chi connectivity index (χ0n) is 14.9. The van der Waals surface area contributed by atoms with Crippen molar-refractivity contribution in [3.05, 3.63) is 48.3 Å². The molecule has 0 radical (unpaired) electrons. The Kier molecular flexibility index (Phi) is 6.04. The van der Waals surface area contributed by atoms with Crippen molar-refractivity contribution in [1.82, 2.24) is 14.7 Å². The summed E-state index contributed by atoms with van der Waals surface area (Å²) in [6.45, 7) is 1.47. The van der Waals surface area contributed by atoms with E-state index in [9.17, 15) is 9.59 Å². The van der Waals surface area contributed by atoms with Gasteiger partial charge in [0.2, 0.25) is 5.91 Å². The fourth-order valence-corrected chi connectivity index (χ4v) is 3.48. The van der Waals surface area contributed by atoms with Crippen molar-refractivity contribution in [3.8, 4) is 5.69 Å². The second-order valence-electron chi connectivity index (χ2n) is 6.91.